The van der Waals surface area contributed by atoms with Crippen LogP contribution in [0.1, 0.15) is 19.5 Å². The molecule has 0 radical (unpaired) electrons. The number of anilines is 2. The fourth-order valence-corrected chi connectivity index (χ4v) is 1.80. The molecule has 2 rings (SSSR count). The summed E-state index contributed by atoms with van der Waals surface area (Å²) in [6, 6.07) is 10.8. The van der Waals surface area contributed by atoms with Crippen LogP contribution in [0.15, 0.2) is 42.6 Å². The van der Waals surface area contributed by atoms with Gasteiger partial charge in [-0.3, -0.25) is 9.78 Å². The van der Waals surface area contributed by atoms with Gasteiger partial charge in [-0.15, -0.1) is 0 Å². The Kier molecular flexibility index (Phi) is 4.77. The van der Waals surface area contributed by atoms with Crippen LogP contribution in [-0.4, -0.2) is 17.0 Å². The van der Waals surface area contributed by atoms with E-state index in [-0.39, 0.29) is 18.4 Å². The van der Waals surface area contributed by atoms with Gasteiger partial charge in [-0.2, -0.15) is 0 Å². The van der Waals surface area contributed by atoms with Crippen molar-refractivity contribution in [2.75, 3.05) is 11.1 Å². The SMILES string of the molecule is CC(C)Oc1ccc(NC(=O)Cc2ccc(N)cn2)cc1. The molecule has 1 amide bonds. The van der Waals surface area contributed by atoms with Crippen molar-refractivity contribution < 1.29 is 9.53 Å². The van der Waals surface area contributed by atoms with E-state index in [9.17, 15) is 4.79 Å². The molecule has 21 heavy (non-hydrogen) atoms. The van der Waals surface area contributed by atoms with Crippen LogP contribution in [0.4, 0.5) is 11.4 Å². The molecule has 5 nitrogen and oxygen atoms in total. The van der Waals surface area contributed by atoms with Gasteiger partial charge >= 0.3 is 0 Å². The van der Waals surface area contributed by atoms with Crippen molar-refractivity contribution in [2.45, 2.75) is 26.4 Å². The number of nitrogens with zero attached hydrogens (tertiary/aromatic N) is 1. The van der Waals surface area contributed by atoms with Gasteiger partial charge in [0.2, 0.25) is 5.91 Å². The molecular formula is C16H19N3O2. The summed E-state index contributed by atoms with van der Waals surface area (Å²) < 4.78 is 5.55. The molecule has 0 spiro atoms. The van der Waals surface area contributed by atoms with Gasteiger partial charge in [0.25, 0.3) is 0 Å². The number of carbonyl (C=O) groups is 1. The lowest BCUT2D eigenvalue weighted by atomic mass is 10.2. The average Bonchev–Trinajstić information content (AvgIpc) is 2.43. The first-order valence-electron chi connectivity index (χ1n) is 6.80. The van der Waals surface area contributed by atoms with Crippen LogP contribution in [0.25, 0.3) is 0 Å². The Bertz CT molecular complexity index is 592. The van der Waals surface area contributed by atoms with E-state index in [0.717, 1.165) is 11.4 Å². The second-order valence-electron chi connectivity index (χ2n) is 5.00. The molecule has 0 aliphatic rings. The first-order valence-corrected chi connectivity index (χ1v) is 6.80. The molecule has 0 fully saturated rings. The highest BCUT2D eigenvalue weighted by Gasteiger charge is 2.05. The number of amides is 1. The number of pyridine rings is 1. The predicted octanol–water partition coefficient (Wildman–Crippen LogP) is 2.63. The molecule has 0 saturated carbocycles. The molecule has 0 saturated heterocycles. The average molecular weight is 285 g/mol. The Balaban J connectivity index is 1.91. The number of nitrogen functional groups attached to an aromatic ring is 1. The Morgan fingerprint density at radius 1 is 1.24 bits per heavy atom. The standard InChI is InChI=1S/C16H19N3O2/c1-11(2)21-15-7-5-13(6-8-15)19-16(20)9-14-4-3-12(17)10-18-14/h3-8,10-11H,9,17H2,1-2H3,(H,19,20). The number of aromatic nitrogens is 1. The summed E-state index contributed by atoms with van der Waals surface area (Å²) >= 11 is 0. The highest BCUT2D eigenvalue weighted by Crippen LogP contribution is 2.17. The third-order valence-corrected chi connectivity index (χ3v) is 2.70. The number of nitrogens with two attached hydrogens (primary N) is 1. The number of benzene rings is 1. The van der Waals surface area contributed by atoms with Crippen LogP contribution < -0.4 is 15.8 Å². The minimum Gasteiger partial charge on any atom is -0.491 e. The minimum atomic E-state index is -0.121. The lowest BCUT2D eigenvalue weighted by molar-refractivity contribution is -0.115. The molecule has 3 N–H and O–H groups in total. The quantitative estimate of drug-likeness (QED) is 0.885. The Hall–Kier alpha value is -2.56. The third-order valence-electron chi connectivity index (χ3n) is 2.70. The number of rotatable bonds is 5. The molecule has 2 aromatic rings. The molecule has 0 aliphatic heterocycles. The minimum absolute atomic E-state index is 0.121. The van der Waals surface area contributed by atoms with E-state index >= 15 is 0 Å². The van der Waals surface area contributed by atoms with Crippen LogP contribution in [0.5, 0.6) is 5.75 Å². The Morgan fingerprint density at radius 2 is 1.95 bits per heavy atom. The summed E-state index contributed by atoms with van der Waals surface area (Å²) in [5, 5.41) is 2.82. The van der Waals surface area contributed by atoms with Gasteiger partial charge in [-0.1, -0.05) is 0 Å². The largest absolute Gasteiger partial charge is 0.491 e. The predicted molar refractivity (Wildman–Crippen MR) is 83.2 cm³/mol. The maximum atomic E-state index is 11.9. The van der Waals surface area contributed by atoms with Gasteiger partial charge in [0.15, 0.2) is 0 Å². The highest BCUT2D eigenvalue weighted by molar-refractivity contribution is 5.92. The zero-order chi connectivity index (χ0) is 15.2. The molecule has 0 bridgehead atoms. The Morgan fingerprint density at radius 3 is 2.52 bits per heavy atom. The first-order chi connectivity index (χ1) is 10.0. The lowest BCUT2D eigenvalue weighted by Gasteiger charge is -2.10. The summed E-state index contributed by atoms with van der Waals surface area (Å²) in [5.41, 5.74) is 7.55. The zero-order valence-electron chi connectivity index (χ0n) is 12.2. The zero-order valence-corrected chi connectivity index (χ0v) is 12.2. The molecule has 5 heteroatoms. The fraction of sp³-hybridized carbons (Fsp3) is 0.250. The van der Waals surface area contributed by atoms with Gasteiger partial charge in [0.05, 0.1) is 24.4 Å². The monoisotopic (exact) mass is 285 g/mol. The van der Waals surface area contributed by atoms with Gasteiger partial charge in [0, 0.05) is 11.4 Å². The molecule has 110 valence electrons. The van der Waals surface area contributed by atoms with E-state index < -0.39 is 0 Å². The molecule has 1 heterocycles. The molecular weight excluding hydrogens is 266 g/mol. The second kappa shape index (κ2) is 6.74. The second-order valence-corrected chi connectivity index (χ2v) is 5.00. The van der Waals surface area contributed by atoms with Crippen molar-refractivity contribution in [3.63, 3.8) is 0 Å². The maximum Gasteiger partial charge on any atom is 0.230 e. The van der Waals surface area contributed by atoms with E-state index in [0.29, 0.717) is 11.4 Å². The lowest BCUT2D eigenvalue weighted by Crippen LogP contribution is -2.15. The maximum absolute atomic E-state index is 11.9. The summed E-state index contributed by atoms with van der Waals surface area (Å²) in [7, 11) is 0. The number of nitrogens with one attached hydrogen (secondary N) is 1. The first kappa shape index (κ1) is 14.8. The van der Waals surface area contributed by atoms with E-state index in [1.54, 1.807) is 18.3 Å². The molecule has 0 atom stereocenters. The van der Waals surface area contributed by atoms with Crippen molar-refractivity contribution in [1.29, 1.82) is 0 Å². The number of ether oxygens (including phenoxy) is 1. The highest BCUT2D eigenvalue weighted by atomic mass is 16.5. The third kappa shape index (κ3) is 4.80. The van der Waals surface area contributed by atoms with E-state index in [1.165, 1.54) is 0 Å². The van der Waals surface area contributed by atoms with Crippen molar-refractivity contribution in [2.24, 2.45) is 0 Å². The van der Waals surface area contributed by atoms with Crippen LogP contribution in [0.3, 0.4) is 0 Å². The van der Waals surface area contributed by atoms with E-state index in [4.69, 9.17) is 10.5 Å². The molecule has 1 aromatic heterocycles. The topological polar surface area (TPSA) is 77.2 Å². The van der Waals surface area contributed by atoms with Crippen LogP contribution in [0.2, 0.25) is 0 Å². The fourth-order valence-electron chi connectivity index (χ4n) is 1.80. The summed E-state index contributed by atoms with van der Waals surface area (Å²) in [5.74, 6) is 0.660. The van der Waals surface area contributed by atoms with Crippen molar-refractivity contribution in [3.05, 3.63) is 48.3 Å². The number of carbonyl (C=O) groups excluding carboxylic acids is 1. The van der Waals surface area contributed by atoms with Crippen molar-refractivity contribution in [1.82, 2.24) is 4.98 Å². The molecule has 1 aromatic carbocycles. The van der Waals surface area contributed by atoms with Gasteiger partial charge in [-0.25, -0.2) is 0 Å². The number of hydrogen-bond donors (Lipinski definition) is 2. The number of hydrogen-bond acceptors (Lipinski definition) is 4. The van der Waals surface area contributed by atoms with Gasteiger partial charge < -0.3 is 15.8 Å². The Labute approximate surface area is 124 Å². The molecule has 0 aliphatic carbocycles. The molecule has 0 unspecified atom stereocenters. The van der Waals surface area contributed by atoms with E-state index in [1.807, 2.05) is 38.1 Å². The van der Waals surface area contributed by atoms with E-state index in [2.05, 4.69) is 10.3 Å². The van der Waals surface area contributed by atoms with Gasteiger partial charge in [0.1, 0.15) is 5.75 Å². The van der Waals surface area contributed by atoms with Crippen LogP contribution in [0, 0.1) is 0 Å². The van der Waals surface area contributed by atoms with Gasteiger partial charge in [-0.05, 0) is 50.2 Å². The summed E-state index contributed by atoms with van der Waals surface area (Å²) in [6.45, 7) is 3.94. The summed E-state index contributed by atoms with van der Waals surface area (Å²) in [6.07, 6.45) is 1.88. The summed E-state index contributed by atoms with van der Waals surface area (Å²) in [4.78, 5) is 16.0. The van der Waals surface area contributed by atoms with Crippen LogP contribution >= 0.6 is 0 Å². The van der Waals surface area contributed by atoms with Crippen molar-refractivity contribution >= 4 is 17.3 Å². The van der Waals surface area contributed by atoms with Crippen LogP contribution in [-0.2, 0) is 11.2 Å². The normalized spacial score (nSPS) is 10.4. The smallest absolute Gasteiger partial charge is 0.230 e. The van der Waals surface area contributed by atoms with Crippen molar-refractivity contribution in [3.8, 4) is 5.75 Å².